The molecule has 0 N–H and O–H groups in total. The van der Waals surface area contributed by atoms with Crippen LogP contribution < -0.4 is 4.74 Å². The van der Waals surface area contributed by atoms with Crippen LogP contribution in [0.1, 0.15) is 15.2 Å². The number of alkyl halides is 2. The standard InChI is InChI=1S/C12H8F2O2S/c13-12(14)16-9-5-3-8(4-6-9)11(15)10-2-1-7-17-10/h1-7,12H. The van der Waals surface area contributed by atoms with Crippen molar-refractivity contribution in [2.45, 2.75) is 6.61 Å². The summed E-state index contributed by atoms with van der Waals surface area (Å²) in [4.78, 5) is 12.5. The van der Waals surface area contributed by atoms with Crippen LogP contribution in [-0.4, -0.2) is 12.4 Å². The van der Waals surface area contributed by atoms with Crippen LogP contribution in [0.4, 0.5) is 8.78 Å². The van der Waals surface area contributed by atoms with Gasteiger partial charge in [-0.1, -0.05) is 6.07 Å². The number of hydrogen-bond acceptors (Lipinski definition) is 3. The van der Waals surface area contributed by atoms with Gasteiger partial charge in [-0.2, -0.15) is 8.78 Å². The van der Waals surface area contributed by atoms with Crippen molar-refractivity contribution in [2.75, 3.05) is 0 Å². The molecule has 2 aromatic rings. The second kappa shape index (κ2) is 5.05. The normalized spacial score (nSPS) is 10.5. The molecule has 0 bridgehead atoms. The van der Waals surface area contributed by atoms with Gasteiger partial charge in [0.1, 0.15) is 5.75 Å². The van der Waals surface area contributed by atoms with Gasteiger partial charge in [-0.15, -0.1) is 11.3 Å². The summed E-state index contributed by atoms with van der Waals surface area (Å²) in [7, 11) is 0. The van der Waals surface area contributed by atoms with Crippen molar-refractivity contribution in [1.29, 1.82) is 0 Å². The van der Waals surface area contributed by atoms with Crippen LogP contribution in [0.25, 0.3) is 0 Å². The van der Waals surface area contributed by atoms with Gasteiger partial charge in [0.25, 0.3) is 0 Å². The van der Waals surface area contributed by atoms with Crippen molar-refractivity contribution in [3.05, 3.63) is 52.2 Å². The molecule has 0 aliphatic carbocycles. The number of halogens is 2. The van der Waals surface area contributed by atoms with Crippen molar-refractivity contribution < 1.29 is 18.3 Å². The molecule has 2 rings (SSSR count). The Kier molecular flexibility index (Phi) is 3.49. The SMILES string of the molecule is O=C(c1ccc(OC(F)F)cc1)c1cccs1. The van der Waals surface area contributed by atoms with Crippen molar-refractivity contribution in [3.8, 4) is 5.75 Å². The topological polar surface area (TPSA) is 26.3 Å². The molecule has 0 amide bonds. The molecule has 0 saturated heterocycles. The lowest BCUT2D eigenvalue weighted by Crippen LogP contribution is -2.03. The molecule has 1 aromatic heterocycles. The number of rotatable bonds is 4. The first kappa shape index (κ1) is 11.7. The molecule has 0 aliphatic rings. The molecule has 0 aliphatic heterocycles. The molecule has 88 valence electrons. The number of carbonyl (C=O) groups is 1. The van der Waals surface area contributed by atoms with Crippen molar-refractivity contribution >= 4 is 17.1 Å². The van der Waals surface area contributed by atoms with Crippen LogP contribution in [0.5, 0.6) is 5.75 Å². The van der Waals surface area contributed by atoms with E-state index in [1.807, 2.05) is 5.38 Å². The Morgan fingerprint density at radius 2 is 1.88 bits per heavy atom. The summed E-state index contributed by atoms with van der Waals surface area (Å²) in [5, 5.41) is 1.81. The second-order valence-corrected chi connectivity index (χ2v) is 4.16. The van der Waals surface area contributed by atoms with E-state index >= 15 is 0 Å². The minimum absolute atomic E-state index is 0.0442. The number of hydrogen-bond donors (Lipinski definition) is 0. The third-order valence-electron chi connectivity index (χ3n) is 2.09. The molecule has 1 heterocycles. The Balaban J connectivity index is 2.15. The molecular weight excluding hydrogens is 246 g/mol. The quantitative estimate of drug-likeness (QED) is 0.779. The Morgan fingerprint density at radius 1 is 1.18 bits per heavy atom. The molecule has 0 atom stereocenters. The first-order valence-electron chi connectivity index (χ1n) is 4.80. The van der Waals surface area contributed by atoms with Gasteiger partial charge in [0.05, 0.1) is 4.88 Å². The van der Waals surface area contributed by atoms with Gasteiger partial charge in [0.2, 0.25) is 5.78 Å². The monoisotopic (exact) mass is 254 g/mol. The molecule has 0 fully saturated rings. The zero-order valence-electron chi connectivity index (χ0n) is 8.60. The Morgan fingerprint density at radius 3 is 2.41 bits per heavy atom. The molecule has 1 aromatic carbocycles. The van der Waals surface area contributed by atoms with Crippen LogP contribution in [0.2, 0.25) is 0 Å². The van der Waals surface area contributed by atoms with Gasteiger partial charge in [0, 0.05) is 5.56 Å². The number of thiophene rings is 1. The van der Waals surface area contributed by atoms with Crippen molar-refractivity contribution in [2.24, 2.45) is 0 Å². The average Bonchev–Trinajstić information content (AvgIpc) is 2.82. The van der Waals surface area contributed by atoms with Crippen LogP contribution >= 0.6 is 11.3 Å². The predicted molar refractivity (Wildman–Crippen MR) is 60.8 cm³/mol. The highest BCUT2D eigenvalue weighted by Crippen LogP contribution is 2.19. The van der Waals surface area contributed by atoms with Gasteiger partial charge in [-0.3, -0.25) is 4.79 Å². The third kappa shape index (κ3) is 2.88. The largest absolute Gasteiger partial charge is 0.435 e. The van der Waals surface area contributed by atoms with E-state index < -0.39 is 6.61 Å². The first-order chi connectivity index (χ1) is 8.16. The summed E-state index contributed by atoms with van der Waals surface area (Å²) >= 11 is 1.34. The van der Waals surface area contributed by atoms with Crippen molar-refractivity contribution in [3.63, 3.8) is 0 Å². The fourth-order valence-electron chi connectivity index (χ4n) is 1.34. The van der Waals surface area contributed by atoms with Crippen LogP contribution in [0.15, 0.2) is 41.8 Å². The lowest BCUT2D eigenvalue weighted by molar-refractivity contribution is -0.0498. The second-order valence-electron chi connectivity index (χ2n) is 3.21. The molecule has 5 heteroatoms. The maximum absolute atomic E-state index is 11.9. The Labute approximate surface area is 100 Å². The first-order valence-corrected chi connectivity index (χ1v) is 5.68. The fourth-order valence-corrected chi connectivity index (χ4v) is 2.02. The average molecular weight is 254 g/mol. The molecular formula is C12H8F2O2S. The number of carbonyl (C=O) groups excluding carboxylic acids is 1. The third-order valence-corrected chi connectivity index (χ3v) is 2.96. The van der Waals surface area contributed by atoms with Gasteiger partial charge in [-0.05, 0) is 35.7 Å². The van der Waals surface area contributed by atoms with E-state index in [1.165, 1.54) is 35.6 Å². The minimum Gasteiger partial charge on any atom is -0.435 e. The molecule has 0 saturated carbocycles. The molecule has 0 radical (unpaired) electrons. The summed E-state index contributed by atoms with van der Waals surface area (Å²) in [6.07, 6.45) is 0. The van der Waals surface area contributed by atoms with E-state index in [0.717, 1.165) is 0 Å². The van der Waals surface area contributed by atoms with Gasteiger partial charge in [-0.25, -0.2) is 0 Å². The highest BCUT2D eigenvalue weighted by Gasteiger charge is 2.10. The van der Waals surface area contributed by atoms with Crippen LogP contribution in [-0.2, 0) is 0 Å². The lowest BCUT2D eigenvalue weighted by Gasteiger charge is -2.04. The fraction of sp³-hybridized carbons (Fsp3) is 0.0833. The van der Waals surface area contributed by atoms with E-state index in [9.17, 15) is 13.6 Å². The van der Waals surface area contributed by atoms with Gasteiger partial charge >= 0.3 is 6.61 Å². The Hall–Kier alpha value is -1.75. The summed E-state index contributed by atoms with van der Waals surface area (Å²) in [5.41, 5.74) is 0.453. The summed E-state index contributed by atoms with van der Waals surface area (Å²) in [6, 6.07) is 9.16. The molecule has 2 nitrogen and oxygen atoms in total. The number of ketones is 1. The van der Waals surface area contributed by atoms with Gasteiger partial charge in [0.15, 0.2) is 0 Å². The van der Waals surface area contributed by atoms with E-state index in [1.54, 1.807) is 12.1 Å². The van der Waals surface area contributed by atoms with Gasteiger partial charge < -0.3 is 4.74 Å². The minimum atomic E-state index is -2.85. The predicted octanol–water partition coefficient (Wildman–Crippen LogP) is 3.58. The summed E-state index contributed by atoms with van der Waals surface area (Å²) in [6.45, 7) is -2.85. The highest BCUT2D eigenvalue weighted by atomic mass is 32.1. The van der Waals surface area contributed by atoms with E-state index in [-0.39, 0.29) is 11.5 Å². The lowest BCUT2D eigenvalue weighted by atomic mass is 10.1. The Bertz CT molecular complexity index is 492. The molecule has 17 heavy (non-hydrogen) atoms. The molecule has 0 unspecified atom stereocenters. The number of ether oxygens (including phenoxy) is 1. The zero-order chi connectivity index (χ0) is 12.3. The molecule has 0 spiro atoms. The zero-order valence-corrected chi connectivity index (χ0v) is 9.42. The number of benzene rings is 1. The van der Waals surface area contributed by atoms with Crippen molar-refractivity contribution in [1.82, 2.24) is 0 Å². The van der Waals surface area contributed by atoms with E-state index in [0.29, 0.717) is 10.4 Å². The highest BCUT2D eigenvalue weighted by molar-refractivity contribution is 7.12. The van der Waals surface area contributed by atoms with E-state index in [4.69, 9.17) is 0 Å². The maximum atomic E-state index is 11.9. The van der Waals surface area contributed by atoms with Crippen LogP contribution in [0, 0.1) is 0 Å². The summed E-state index contributed by atoms with van der Waals surface area (Å²) < 4.78 is 28.0. The maximum Gasteiger partial charge on any atom is 0.387 e. The summed E-state index contributed by atoms with van der Waals surface area (Å²) in [5.74, 6) is -0.0775. The van der Waals surface area contributed by atoms with Crippen LogP contribution in [0.3, 0.4) is 0 Å². The van der Waals surface area contributed by atoms with E-state index in [2.05, 4.69) is 4.74 Å². The smallest absolute Gasteiger partial charge is 0.387 e.